The van der Waals surface area contributed by atoms with Gasteiger partial charge in [-0.15, -0.1) is 0 Å². The van der Waals surface area contributed by atoms with E-state index in [0.29, 0.717) is 13.2 Å². The van der Waals surface area contributed by atoms with Gasteiger partial charge in [-0.05, 0) is 6.42 Å². The van der Waals surface area contributed by atoms with Gasteiger partial charge in [-0.25, -0.2) is 8.42 Å². The molecule has 0 aromatic carbocycles. The van der Waals surface area contributed by atoms with Crippen molar-refractivity contribution in [3.05, 3.63) is 0 Å². The third-order valence-electron chi connectivity index (χ3n) is 2.58. The fourth-order valence-electron chi connectivity index (χ4n) is 1.62. The smallest absolute Gasteiger partial charge is 0.320 e. The molecule has 1 saturated heterocycles. The van der Waals surface area contributed by atoms with E-state index in [-0.39, 0.29) is 11.7 Å². The van der Waals surface area contributed by atoms with Gasteiger partial charge in [0.15, 0.2) is 9.84 Å². The summed E-state index contributed by atoms with van der Waals surface area (Å²) in [6.45, 7) is 1.12. The van der Waals surface area contributed by atoms with E-state index in [1.807, 2.05) is 0 Å². The molecule has 1 aliphatic heterocycles. The fourth-order valence-corrected chi connectivity index (χ4v) is 3.07. The number of methoxy groups -OCH3 is 1. The number of carbonyl (C=O) groups is 1. The zero-order chi connectivity index (χ0) is 12.2. The van der Waals surface area contributed by atoms with Gasteiger partial charge in [0.2, 0.25) is 0 Å². The molecule has 2 atom stereocenters. The number of rotatable bonds is 5. The maximum atomic E-state index is 11.5. The lowest BCUT2D eigenvalue weighted by molar-refractivity contribution is -0.137. The molecular formula is C9H17NO5S. The van der Waals surface area contributed by atoms with Crippen molar-refractivity contribution >= 4 is 15.8 Å². The minimum atomic E-state index is -3.48. The summed E-state index contributed by atoms with van der Waals surface area (Å²) in [5.74, 6) is -1.50. The van der Waals surface area contributed by atoms with Crippen LogP contribution in [0.1, 0.15) is 6.42 Å². The van der Waals surface area contributed by atoms with E-state index in [1.165, 1.54) is 0 Å². The van der Waals surface area contributed by atoms with Crippen LogP contribution >= 0.6 is 0 Å². The Morgan fingerprint density at radius 3 is 2.81 bits per heavy atom. The minimum Gasteiger partial charge on any atom is -0.468 e. The Hall–Kier alpha value is -0.660. The SMILES string of the molecule is COC(=O)CS(=O)(=O)CC(N)C1CCOC1. The molecule has 16 heavy (non-hydrogen) atoms. The molecule has 0 aromatic rings. The summed E-state index contributed by atoms with van der Waals surface area (Å²) in [4.78, 5) is 10.9. The van der Waals surface area contributed by atoms with Crippen LogP contribution < -0.4 is 5.73 Å². The third-order valence-corrected chi connectivity index (χ3v) is 4.15. The van der Waals surface area contributed by atoms with Crippen molar-refractivity contribution < 1.29 is 22.7 Å². The van der Waals surface area contributed by atoms with Crippen LogP contribution in [0, 0.1) is 5.92 Å². The zero-order valence-electron chi connectivity index (χ0n) is 9.22. The Morgan fingerprint density at radius 1 is 1.62 bits per heavy atom. The van der Waals surface area contributed by atoms with Crippen molar-refractivity contribution in [2.45, 2.75) is 12.5 Å². The van der Waals surface area contributed by atoms with E-state index in [0.717, 1.165) is 13.5 Å². The second-order valence-electron chi connectivity index (χ2n) is 3.92. The first-order valence-corrected chi connectivity index (χ1v) is 6.87. The predicted octanol–water partition coefficient (Wildman–Crippen LogP) is -1.06. The largest absolute Gasteiger partial charge is 0.468 e. The van der Waals surface area contributed by atoms with Crippen LogP contribution in [-0.2, 0) is 24.1 Å². The van der Waals surface area contributed by atoms with Crippen molar-refractivity contribution in [2.75, 3.05) is 31.8 Å². The highest BCUT2D eigenvalue weighted by molar-refractivity contribution is 7.92. The highest BCUT2D eigenvalue weighted by Gasteiger charge is 2.28. The molecule has 2 unspecified atom stereocenters. The summed E-state index contributed by atoms with van der Waals surface area (Å²) in [6.07, 6.45) is 0.773. The van der Waals surface area contributed by atoms with Crippen LogP contribution in [0.2, 0.25) is 0 Å². The fraction of sp³-hybridized carbons (Fsp3) is 0.889. The molecule has 1 fully saturated rings. The Kier molecular flexibility index (Phi) is 4.69. The highest BCUT2D eigenvalue weighted by atomic mass is 32.2. The average molecular weight is 251 g/mol. The number of hydrogen-bond donors (Lipinski definition) is 1. The van der Waals surface area contributed by atoms with Crippen LogP contribution in [-0.4, -0.2) is 52.3 Å². The standard InChI is InChI=1S/C9H17NO5S/c1-14-9(11)6-16(12,13)5-8(10)7-2-3-15-4-7/h7-8H,2-6,10H2,1H3. The molecular weight excluding hydrogens is 234 g/mol. The first kappa shape index (κ1) is 13.4. The van der Waals surface area contributed by atoms with Gasteiger partial charge in [0.05, 0.1) is 19.5 Å². The van der Waals surface area contributed by atoms with Gasteiger partial charge >= 0.3 is 5.97 Å². The lowest BCUT2D eigenvalue weighted by atomic mass is 10.0. The van der Waals surface area contributed by atoms with E-state index in [1.54, 1.807) is 0 Å². The summed E-state index contributed by atoms with van der Waals surface area (Å²) in [5, 5.41) is 0. The summed E-state index contributed by atoms with van der Waals surface area (Å²) in [7, 11) is -2.33. The molecule has 1 rings (SSSR count). The maximum absolute atomic E-state index is 11.5. The van der Waals surface area contributed by atoms with Crippen LogP contribution in [0.4, 0.5) is 0 Å². The molecule has 7 heteroatoms. The number of hydrogen-bond acceptors (Lipinski definition) is 6. The molecule has 0 radical (unpaired) electrons. The summed E-state index contributed by atoms with van der Waals surface area (Å²) in [5.41, 5.74) is 5.77. The Labute approximate surface area is 95.0 Å². The van der Waals surface area contributed by atoms with Crippen molar-refractivity contribution in [1.82, 2.24) is 0 Å². The van der Waals surface area contributed by atoms with Gasteiger partial charge in [0.25, 0.3) is 0 Å². The third kappa shape index (κ3) is 4.07. The Bertz CT molecular complexity index is 334. The van der Waals surface area contributed by atoms with Crippen molar-refractivity contribution in [3.63, 3.8) is 0 Å². The number of ether oxygens (including phenoxy) is 2. The van der Waals surface area contributed by atoms with Crippen LogP contribution in [0.5, 0.6) is 0 Å². The molecule has 0 spiro atoms. The Morgan fingerprint density at radius 2 is 2.31 bits per heavy atom. The second kappa shape index (κ2) is 5.60. The minimum absolute atomic E-state index is 0.0624. The average Bonchev–Trinajstić information content (AvgIpc) is 2.68. The summed E-state index contributed by atoms with van der Waals surface area (Å²) < 4.78 is 32.5. The first-order chi connectivity index (χ1) is 7.44. The second-order valence-corrected chi connectivity index (χ2v) is 6.03. The van der Waals surface area contributed by atoms with Gasteiger partial charge in [0.1, 0.15) is 5.75 Å². The Balaban J connectivity index is 2.48. The zero-order valence-corrected chi connectivity index (χ0v) is 10.0. The molecule has 0 aliphatic carbocycles. The van der Waals surface area contributed by atoms with Crippen molar-refractivity contribution in [1.29, 1.82) is 0 Å². The molecule has 0 saturated carbocycles. The molecule has 0 bridgehead atoms. The molecule has 0 aromatic heterocycles. The topological polar surface area (TPSA) is 95.7 Å². The molecule has 0 amide bonds. The van der Waals surface area contributed by atoms with E-state index >= 15 is 0 Å². The van der Waals surface area contributed by atoms with Crippen LogP contribution in [0.3, 0.4) is 0 Å². The van der Waals surface area contributed by atoms with Gasteiger partial charge in [0, 0.05) is 18.6 Å². The van der Waals surface area contributed by atoms with E-state index in [9.17, 15) is 13.2 Å². The lowest BCUT2D eigenvalue weighted by Gasteiger charge is -2.16. The van der Waals surface area contributed by atoms with Crippen molar-refractivity contribution in [2.24, 2.45) is 11.7 Å². The number of sulfone groups is 1. The number of esters is 1. The monoisotopic (exact) mass is 251 g/mol. The van der Waals surface area contributed by atoms with E-state index < -0.39 is 27.6 Å². The van der Waals surface area contributed by atoms with Gasteiger partial charge in [-0.1, -0.05) is 0 Å². The van der Waals surface area contributed by atoms with Crippen molar-refractivity contribution in [3.8, 4) is 0 Å². The summed E-state index contributed by atoms with van der Waals surface area (Å²) >= 11 is 0. The molecule has 94 valence electrons. The number of carbonyl (C=O) groups excluding carboxylic acids is 1. The quantitative estimate of drug-likeness (QED) is 0.626. The van der Waals surface area contributed by atoms with Gasteiger partial charge < -0.3 is 15.2 Å². The van der Waals surface area contributed by atoms with E-state index in [4.69, 9.17) is 10.5 Å². The van der Waals surface area contributed by atoms with Crippen LogP contribution in [0.15, 0.2) is 0 Å². The molecule has 6 nitrogen and oxygen atoms in total. The van der Waals surface area contributed by atoms with E-state index in [2.05, 4.69) is 4.74 Å². The van der Waals surface area contributed by atoms with Gasteiger partial charge in [-0.2, -0.15) is 0 Å². The lowest BCUT2D eigenvalue weighted by Crippen LogP contribution is -2.39. The highest BCUT2D eigenvalue weighted by Crippen LogP contribution is 2.16. The maximum Gasteiger partial charge on any atom is 0.320 e. The summed E-state index contributed by atoms with van der Waals surface area (Å²) in [6, 6.07) is -0.475. The molecule has 1 heterocycles. The molecule has 2 N–H and O–H groups in total. The van der Waals surface area contributed by atoms with Crippen LogP contribution in [0.25, 0.3) is 0 Å². The normalized spacial score (nSPS) is 23.0. The predicted molar refractivity (Wildman–Crippen MR) is 57.6 cm³/mol. The first-order valence-electron chi connectivity index (χ1n) is 5.05. The molecule has 1 aliphatic rings. The number of nitrogens with two attached hydrogens (primary N) is 1. The van der Waals surface area contributed by atoms with Gasteiger partial charge in [-0.3, -0.25) is 4.79 Å².